The van der Waals surface area contributed by atoms with Gasteiger partial charge >= 0.3 is 0 Å². The summed E-state index contributed by atoms with van der Waals surface area (Å²) in [4.78, 5) is 4.52. The number of para-hydroxylation sites is 2. The fraction of sp³-hybridized carbons (Fsp3) is 0.222. The second-order valence-corrected chi connectivity index (χ2v) is 7.45. The largest absolute Gasteiger partial charge is 0.493 e. The summed E-state index contributed by atoms with van der Waals surface area (Å²) in [5.74, 6) is 0.609. The van der Waals surface area contributed by atoms with Crippen molar-refractivity contribution in [3.63, 3.8) is 0 Å². The van der Waals surface area contributed by atoms with Crippen LogP contribution in [0, 0.1) is 11.3 Å². The topological polar surface area (TPSA) is 66.1 Å². The van der Waals surface area contributed by atoms with Gasteiger partial charge in [0.2, 0.25) is 0 Å². The van der Waals surface area contributed by atoms with Gasteiger partial charge in [0.25, 0.3) is 0 Å². The molecule has 1 aromatic heterocycles. The van der Waals surface area contributed by atoms with Crippen molar-refractivity contribution in [1.29, 1.82) is 5.26 Å². The molecule has 0 aliphatic rings. The molecule has 2 aromatic carbocycles. The number of aliphatic hydroxyl groups excluding tert-OH is 1. The maximum Gasteiger partial charge on any atom is 0.152 e. The summed E-state index contributed by atoms with van der Waals surface area (Å²) in [6.45, 7) is 2.40. The highest BCUT2D eigenvalue weighted by Gasteiger charge is 2.26. The van der Waals surface area contributed by atoms with E-state index in [1.54, 1.807) is 12.1 Å². The van der Waals surface area contributed by atoms with E-state index in [0.717, 1.165) is 14.6 Å². The molecule has 4 nitrogen and oxygen atoms in total. The van der Waals surface area contributed by atoms with Crippen molar-refractivity contribution >= 4 is 33.3 Å². The highest BCUT2D eigenvalue weighted by molar-refractivity contribution is 8.02. The van der Waals surface area contributed by atoms with Gasteiger partial charge in [0.05, 0.1) is 22.9 Å². The lowest BCUT2D eigenvalue weighted by molar-refractivity contribution is 0.182. The molecule has 0 aliphatic carbocycles. The zero-order chi connectivity index (χ0) is 16.9. The third-order valence-corrected chi connectivity index (χ3v) is 5.73. The molecule has 0 bridgehead atoms. The first-order valence-electron chi connectivity index (χ1n) is 7.54. The molecule has 0 aliphatic heterocycles. The van der Waals surface area contributed by atoms with E-state index in [1.807, 2.05) is 43.3 Å². The van der Waals surface area contributed by atoms with Crippen molar-refractivity contribution in [2.45, 2.75) is 22.6 Å². The summed E-state index contributed by atoms with van der Waals surface area (Å²) >= 11 is 2.81. The quantitative estimate of drug-likeness (QED) is 0.663. The summed E-state index contributed by atoms with van der Waals surface area (Å²) in [7, 11) is 0. The molecule has 0 radical (unpaired) electrons. The number of hydrogen-bond acceptors (Lipinski definition) is 6. The van der Waals surface area contributed by atoms with Crippen molar-refractivity contribution in [2.24, 2.45) is 0 Å². The Hall–Kier alpha value is -2.07. The van der Waals surface area contributed by atoms with Gasteiger partial charge in [0, 0.05) is 5.56 Å². The summed E-state index contributed by atoms with van der Waals surface area (Å²) in [6.07, 6.45) is -0.949. The van der Waals surface area contributed by atoms with Gasteiger partial charge in [-0.2, -0.15) is 5.26 Å². The first kappa shape index (κ1) is 16.8. The maximum absolute atomic E-state index is 10.7. The summed E-state index contributed by atoms with van der Waals surface area (Å²) in [5.41, 5.74) is 1.53. The molecule has 0 saturated heterocycles. The number of aromatic nitrogens is 1. The Labute approximate surface area is 148 Å². The van der Waals surface area contributed by atoms with Crippen molar-refractivity contribution in [3.05, 3.63) is 54.1 Å². The average molecular weight is 356 g/mol. The number of hydrogen-bond donors (Lipinski definition) is 1. The van der Waals surface area contributed by atoms with Crippen LogP contribution in [0.4, 0.5) is 0 Å². The smallest absolute Gasteiger partial charge is 0.152 e. The number of aliphatic hydroxyl groups is 1. The number of thioether (sulfide) groups is 1. The number of nitriles is 1. The van der Waals surface area contributed by atoms with Crippen LogP contribution in [0.15, 0.2) is 52.9 Å². The van der Waals surface area contributed by atoms with E-state index < -0.39 is 11.4 Å². The molecule has 0 saturated carbocycles. The van der Waals surface area contributed by atoms with Crippen molar-refractivity contribution in [3.8, 4) is 11.8 Å². The Morgan fingerprint density at radius 2 is 2.00 bits per heavy atom. The van der Waals surface area contributed by atoms with Gasteiger partial charge in [-0.25, -0.2) is 4.98 Å². The Balaban J connectivity index is 1.84. The molecule has 24 heavy (non-hydrogen) atoms. The third kappa shape index (κ3) is 3.54. The first-order valence-corrected chi connectivity index (χ1v) is 9.24. The fourth-order valence-electron chi connectivity index (χ4n) is 2.35. The Kier molecular flexibility index (Phi) is 5.36. The maximum atomic E-state index is 10.7. The minimum Gasteiger partial charge on any atom is -0.493 e. The molecule has 2 atom stereocenters. The number of benzene rings is 2. The van der Waals surface area contributed by atoms with E-state index >= 15 is 0 Å². The van der Waals surface area contributed by atoms with Gasteiger partial charge in [0.15, 0.2) is 4.34 Å². The van der Waals surface area contributed by atoms with Crippen LogP contribution in [0.1, 0.15) is 18.6 Å². The number of thiazole rings is 1. The number of nitrogens with zero attached hydrogens (tertiary/aromatic N) is 2. The van der Waals surface area contributed by atoms with Crippen LogP contribution in [0.3, 0.4) is 0 Å². The lowest BCUT2D eigenvalue weighted by Gasteiger charge is -2.18. The second-order valence-electron chi connectivity index (χ2n) is 5.03. The van der Waals surface area contributed by atoms with Crippen LogP contribution in [0.25, 0.3) is 10.2 Å². The van der Waals surface area contributed by atoms with E-state index in [-0.39, 0.29) is 0 Å². The monoisotopic (exact) mass is 356 g/mol. The number of rotatable bonds is 6. The molecule has 6 heteroatoms. The van der Waals surface area contributed by atoms with E-state index in [2.05, 4.69) is 11.1 Å². The molecule has 0 amide bonds. The van der Waals surface area contributed by atoms with E-state index in [0.29, 0.717) is 17.9 Å². The molecule has 1 N–H and O–H groups in total. The van der Waals surface area contributed by atoms with Gasteiger partial charge < -0.3 is 9.84 Å². The van der Waals surface area contributed by atoms with E-state index in [9.17, 15) is 10.4 Å². The van der Waals surface area contributed by atoms with Gasteiger partial charge in [-0.15, -0.1) is 11.3 Å². The molecule has 0 spiro atoms. The SMILES string of the molecule is CCOc1ccccc1[C@H](O)[C@@H](C#N)Sc1nc2ccccc2s1. The van der Waals surface area contributed by atoms with Gasteiger partial charge in [-0.05, 0) is 25.1 Å². The molecule has 122 valence electrons. The molecule has 0 fully saturated rings. The van der Waals surface area contributed by atoms with E-state index in [4.69, 9.17) is 4.74 Å². The van der Waals surface area contributed by atoms with Crippen molar-refractivity contribution < 1.29 is 9.84 Å². The van der Waals surface area contributed by atoms with E-state index in [1.165, 1.54) is 23.1 Å². The van der Waals surface area contributed by atoms with Crippen LogP contribution in [-0.4, -0.2) is 21.9 Å². The summed E-state index contributed by atoms with van der Waals surface area (Å²) in [6, 6.07) is 17.3. The van der Waals surface area contributed by atoms with Crippen LogP contribution < -0.4 is 4.74 Å². The second kappa shape index (κ2) is 7.67. The summed E-state index contributed by atoms with van der Waals surface area (Å²) in [5, 5.41) is 19.5. The van der Waals surface area contributed by atoms with Crippen molar-refractivity contribution in [1.82, 2.24) is 4.98 Å². The Morgan fingerprint density at radius 3 is 2.75 bits per heavy atom. The third-order valence-electron chi connectivity index (χ3n) is 3.45. The fourth-order valence-corrected chi connectivity index (χ4v) is 4.51. The van der Waals surface area contributed by atoms with Crippen LogP contribution in [0.5, 0.6) is 5.75 Å². The predicted molar refractivity (Wildman–Crippen MR) is 97.4 cm³/mol. The lowest BCUT2D eigenvalue weighted by Crippen LogP contribution is -2.14. The minimum absolute atomic E-state index is 0.506. The van der Waals surface area contributed by atoms with Gasteiger partial charge in [-0.1, -0.05) is 42.1 Å². The van der Waals surface area contributed by atoms with Gasteiger partial charge in [0.1, 0.15) is 17.1 Å². The van der Waals surface area contributed by atoms with Crippen LogP contribution in [-0.2, 0) is 0 Å². The predicted octanol–water partition coefficient (Wildman–Crippen LogP) is 4.41. The number of ether oxygens (including phenoxy) is 1. The van der Waals surface area contributed by atoms with Crippen molar-refractivity contribution in [2.75, 3.05) is 6.61 Å². The standard InChI is InChI=1S/C18H16N2O2S2/c1-2-22-14-9-5-3-7-12(14)17(21)16(11-19)24-18-20-13-8-4-6-10-15(13)23-18/h3-10,16-17,21H,2H2,1H3/t16-,17+/m1/s1. The molecule has 3 rings (SSSR count). The zero-order valence-corrected chi connectivity index (χ0v) is 14.7. The normalized spacial score (nSPS) is 13.4. The zero-order valence-electron chi connectivity index (χ0n) is 13.0. The molecular weight excluding hydrogens is 340 g/mol. The number of fused-ring (bicyclic) bond motifs is 1. The molecular formula is C18H16N2O2S2. The van der Waals surface area contributed by atoms with Gasteiger partial charge in [-0.3, -0.25) is 0 Å². The van der Waals surface area contributed by atoms with Crippen LogP contribution in [0.2, 0.25) is 0 Å². The summed E-state index contributed by atoms with van der Waals surface area (Å²) < 4.78 is 7.40. The molecule has 1 heterocycles. The van der Waals surface area contributed by atoms with Crippen LogP contribution >= 0.6 is 23.1 Å². The first-order chi connectivity index (χ1) is 11.7. The Bertz CT molecular complexity index is 840. The lowest BCUT2D eigenvalue weighted by atomic mass is 10.1. The average Bonchev–Trinajstić information content (AvgIpc) is 3.02. The highest BCUT2D eigenvalue weighted by atomic mass is 32.2. The minimum atomic E-state index is -0.949. The molecule has 3 aromatic rings. The Morgan fingerprint density at radius 1 is 1.25 bits per heavy atom. The molecule has 0 unspecified atom stereocenters. The highest BCUT2D eigenvalue weighted by Crippen LogP contribution is 2.38.